The molecule has 0 bridgehead atoms. The average Bonchev–Trinajstić information content (AvgIpc) is 3.58. The number of aromatic nitrogens is 1. The van der Waals surface area contributed by atoms with E-state index in [0.29, 0.717) is 46.3 Å². The zero-order valence-electron chi connectivity index (χ0n) is 25.3. The monoisotopic (exact) mass is 591 g/mol. The predicted molar refractivity (Wildman–Crippen MR) is 153 cm³/mol. The van der Waals surface area contributed by atoms with E-state index in [0.717, 1.165) is 12.8 Å². The minimum Gasteiger partial charge on any atom is -0.395 e. The molecule has 220 valence electrons. The normalized spacial score (nSPS) is 22.5. The number of carbonyl (C=O) groups is 1. The van der Waals surface area contributed by atoms with Crippen molar-refractivity contribution in [2.45, 2.75) is 50.7 Å². The molecule has 1 aromatic heterocycles. The highest BCUT2D eigenvalue weighted by atomic mass is 32.2. The minimum atomic E-state index is -3.79. The molecule has 3 heterocycles. The van der Waals surface area contributed by atoms with Crippen LogP contribution in [-0.2, 0) is 21.3 Å². The van der Waals surface area contributed by atoms with E-state index < -0.39 is 53.8 Å². The summed E-state index contributed by atoms with van der Waals surface area (Å²) in [5, 5.41) is 12.5. The van der Waals surface area contributed by atoms with Gasteiger partial charge in [0.2, 0.25) is 10.0 Å². The van der Waals surface area contributed by atoms with Gasteiger partial charge >= 0.3 is 0 Å². The van der Waals surface area contributed by atoms with Gasteiger partial charge in [-0.2, -0.15) is 0 Å². The Balaban J connectivity index is 1.33. The van der Waals surface area contributed by atoms with Crippen LogP contribution in [0.3, 0.4) is 0 Å². The molecule has 3 aliphatic rings. The predicted octanol–water partition coefficient (Wildman–Crippen LogP) is 4.73. The van der Waals surface area contributed by atoms with Crippen molar-refractivity contribution in [2.24, 2.45) is 5.41 Å². The van der Waals surface area contributed by atoms with Gasteiger partial charge in [0.1, 0.15) is 0 Å². The molecule has 2 fully saturated rings. The van der Waals surface area contributed by atoms with Crippen LogP contribution >= 0.6 is 0 Å². The number of ether oxygens (including phenoxy) is 1. The number of benzene rings is 2. The number of halogens is 2. The highest BCUT2D eigenvalue weighted by molar-refractivity contribution is 7.92. The number of alkyl halides is 2. The van der Waals surface area contributed by atoms with Crippen molar-refractivity contribution in [1.29, 1.82) is 0 Å². The second-order valence-corrected chi connectivity index (χ2v) is 13.1. The number of hydrogen-bond acceptors (Lipinski definition) is 6. The summed E-state index contributed by atoms with van der Waals surface area (Å²) >= 11 is 0. The maximum absolute atomic E-state index is 14.9. The highest BCUT2D eigenvalue weighted by Crippen LogP contribution is 2.54. The topological polar surface area (TPSA) is 113 Å². The summed E-state index contributed by atoms with van der Waals surface area (Å²) in [4.78, 5) is 15.9. The van der Waals surface area contributed by atoms with Crippen LogP contribution in [-0.4, -0.2) is 62.4 Å². The summed E-state index contributed by atoms with van der Waals surface area (Å²) in [6.07, 6.45) is 1.72. The number of aliphatic hydroxyl groups is 1. The smallest absolute Gasteiger partial charge is 0.280 e. The molecule has 0 radical (unpaired) electrons. The van der Waals surface area contributed by atoms with E-state index in [9.17, 15) is 22.0 Å². The van der Waals surface area contributed by atoms with Crippen LogP contribution in [0.2, 0.25) is 0 Å². The van der Waals surface area contributed by atoms with E-state index >= 15 is 0 Å². The lowest BCUT2D eigenvalue weighted by Gasteiger charge is -2.35. The molecular weight excluding hydrogens is 554 g/mol. The van der Waals surface area contributed by atoms with Gasteiger partial charge in [-0.1, -0.05) is 6.07 Å². The quantitative estimate of drug-likeness (QED) is 0.349. The maximum atomic E-state index is 14.9. The fraction of sp³-hybridized carbons (Fsp3) is 0.483. The van der Waals surface area contributed by atoms with Crippen LogP contribution in [0, 0.1) is 5.41 Å². The zero-order chi connectivity index (χ0) is 31.5. The lowest BCUT2D eigenvalue weighted by molar-refractivity contribution is -0.145. The second kappa shape index (κ2) is 10.2. The van der Waals surface area contributed by atoms with Crippen molar-refractivity contribution in [3.05, 3.63) is 53.7 Å². The van der Waals surface area contributed by atoms with E-state index in [2.05, 4.69) is 14.9 Å². The minimum absolute atomic E-state index is 0.0107. The highest BCUT2D eigenvalue weighted by Gasteiger charge is 2.46. The number of amides is 1. The van der Waals surface area contributed by atoms with Gasteiger partial charge in [-0.3, -0.25) is 9.52 Å². The zero-order valence-corrected chi connectivity index (χ0v) is 23.1. The fourth-order valence-corrected chi connectivity index (χ4v) is 6.95. The Kier molecular flexibility index (Phi) is 6.10. The number of aryl methyl sites for hydroxylation is 1. The number of piperidine rings is 1. The first-order valence-electron chi connectivity index (χ1n) is 15.2. The number of hydrogen-bond donors (Lipinski definition) is 3. The molecule has 12 heteroatoms. The molecule has 9 nitrogen and oxygen atoms in total. The number of anilines is 3. The maximum Gasteiger partial charge on any atom is 0.280 e. The largest absolute Gasteiger partial charge is 0.395 e. The summed E-state index contributed by atoms with van der Waals surface area (Å²) in [6, 6.07) is 11.1. The summed E-state index contributed by atoms with van der Waals surface area (Å²) in [5.74, 6) is -4.34. The lowest BCUT2D eigenvalue weighted by atomic mass is 9.93. The van der Waals surface area contributed by atoms with Crippen molar-refractivity contribution in [2.75, 3.05) is 47.4 Å². The van der Waals surface area contributed by atoms with Crippen LogP contribution in [0.1, 0.15) is 58.4 Å². The van der Waals surface area contributed by atoms with E-state index in [-0.39, 0.29) is 17.9 Å². The van der Waals surface area contributed by atoms with Gasteiger partial charge in [0.05, 0.1) is 50.3 Å². The van der Waals surface area contributed by atoms with Gasteiger partial charge in [-0.25, -0.2) is 17.2 Å². The van der Waals surface area contributed by atoms with Crippen LogP contribution in [0.4, 0.5) is 25.8 Å². The van der Waals surface area contributed by atoms with Crippen LogP contribution in [0.5, 0.6) is 0 Å². The van der Waals surface area contributed by atoms with Crippen molar-refractivity contribution in [1.82, 2.24) is 4.57 Å². The molecule has 1 aliphatic carbocycles. The molecule has 1 atom stereocenters. The van der Waals surface area contributed by atoms with Crippen molar-refractivity contribution < 1.29 is 35.9 Å². The number of aliphatic hydroxyl groups excluding tert-OH is 1. The number of nitrogens with one attached hydrogen (secondary N) is 2. The van der Waals surface area contributed by atoms with E-state index in [1.807, 2.05) is 0 Å². The van der Waals surface area contributed by atoms with Crippen molar-refractivity contribution in [3.63, 3.8) is 0 Å². The van der Waals surface area contributed by atoms with Gasteiger partial charge in [-0.15, -0.1) is 0 Å². The number of sulfonamides is 1. The Morgan fingerprint density at radius 2 is 1.90 bits per heavy atom. The summed E-state index contributed by atoms with van der Waals surface area (Å²) in [7, 11) is -6.83. The molecule has 6 rings (SSSR count). The fourth-order valence-electron chi connectivity index (χ4n) is 6.12. The Morgan fingerprint density at radius 1 is 1.12 bits per heavy atom. The molecule has 3 aromatic rings. The molecular formula is C29H34F2N4O5S. The number of nitrogens with zero attached hydrogens (tertiary/aromatic N) is 2. The van der Waals surface area contributed by atoms with E-state index in [1.165, 1.54) is 31.0 Å². The lowest BCUT2D eigenvalue weighted by Crippen LogP contribution is -2.35. The first-order valence-corrected chi connectivity index (χ1v) is 15.3. The number of fused-ring (bicyclic) bond motifs is 3. The third-order valence-corrected chi connectivity index (χ3v) is 9.93. The Bertz CT molecular complexity index is 1700. The summed E-state index contributed by atoms with van der Waals surface area (Å²) in [6.45, 7) is 0.812. The first-order chi connectivity index (χ1) is 20.7. The molecule has 41 heavy (non-hydrogen) atoms. The Labute approximate surface area is 241 Å². The molecule has 2 aliphatic heterocycles. The van der Waals surface area contributed by atoms with Crippen LogP contribution in [0.25, 0.3) is 10.9 Å². The number of methoxy groups -OCH3 is 1. The number of rotatable bonds is 8. The molecule has 1 spiro atoms. The van der Waals surface area contributed by atoms with Gasteiger partial charge < -0.3 is 24.6 Å². The van der Waals surface area contributed by atoms with Gasteiger partial charge in [0.25, 0.3) is 11.8 Å². The standard InChI is InChI=1S/C29H34F2N4O5S/c1-40-26-25-18-21-22(3-2-4-23(21)35(25)14-11-29(26,30)31)32-27(37)20-6-5-19(33-41(38,39)16-15-36)17-24(20)34-12-9-28(7-8-28)10-13-34/h2-6,17-18,26,33,36H,7-16H2,1H3,(H,32,37)/i1D3. The second-order valence-electron chi connectivity index (χ2n) is 11.3. The molecule has 2 aromatic carbocycles. The Morgan fingerprint density at radius 3 is 2.61 bits per heavy atom. The first kappa shape index (κ1) is 24.4. The molecule has 1 amide bonds. The van der Waals surface area contributed by atoms with Crippen molar-refractivity contribution >= 4 is 43.9 Å². The molecule has 1 unspecified atom stereocenters. The molecule has 3 N–H and O–H groups in total. The summed E-state index contributed by atoms with van der Waals surface area (Å²) < 4.78 is 85.6. The number of carbonyl (C=O) groups excluding carboxylic acids is 1. The average molecular weight is 592 g/mol. The third kappa shape index (κ3) is 5.28. The van der Waals surface area contributed by atoms with Crippen LogP contribution in [0.15, 0.2) is 42.5 Å². The Hall–Kier alpha value is -3.22. The third-order valence-electron chi connectivity index (χ3n) is 8.66. The summed E-state index contributed by atoms with van der Waals surface area (Å²) in [5.41, 5.74) is 2.39. The molecule has 1 saturated carbocycles. The van der Waals surface area contributed by atoms with Crippen LogP contribution < -0.4 is 14.9 Å². The van der Waals surface area contributed by atoms with Gasteiger partial charge in [0, 0.05) is 38.5 Å². The van der Waals surface area contributed by atoms with Crippen molar-refractivity contribution in [3.8, 4) is 0 Å². The SMILES string of the molecule is [2H]C([2H])([2H])OC1c2cc3c(NC(=O)c4ccc(NS(=O)(=O)CCO)cc4N4CCC5(CC4)CC5)cccc3n2CCC1(F)F. The van der Waals surface area contributed by atoms with E-state index in [4.69, 9.17) is 14.0 Å². The van der Waals surface area contributed by atoms with Gasteiger partial charge in [0.15, 0.2) is 6.10 Å². The molecule has 1 saturated heterocycles. The van der Waals surface area contributed by atoms with Gasteiger partial charge in [-0.05, 0) is 67.5 Å². The van der Waals surface area contributed by atoms with E-state index in [1.54, 1.807) is 28.8 Å².